The Balaban J connectivity index is 0.000000560. The van der Waals surface area contributed by atoms with Crippen LogP contribution in [0, 0.1) is 11.8 Å². The smallest absolute Gasteiger partial charge is 1.00 e. The Morgan fingerprint density at radius 2 is 1.08 bits per heavy atom. The van der Waals surface area contributed by atoms with Crippen molar-refractivity contribution in [2.45, 2.75) is 69.8 Å². The second-order valence-electron chi connectivity index (χ2n) is 15.0. The molecule has 2 aliphatic rings. The van der Waals surface area contributed by atoms with Crippen molar-refractivity contribution in [2.24, 2.45) is 11.8 Å². The van der Waals surface area contributed by atoms with E-state index in [9.17, 15) is 36.2 Å². The zero-order valence-corrected chi connectivity index (χ0v) is 37.7. The molecule has 15 heteroatoms. The van der Waals surface area contributed by atoms with Gasteiger partial charge >= 0.3 is 41.9 Å². The Kier molecular flexibility index (Phi) is 23.6. The minimum absolute atomic E-state index is 0. The fourth-order valence-electron chi connectivity index (χ4n) is 7.51. The molecule has 60 heavy (non-hydrogen) atoms. The van der Waals surface area contributed by atoms with Crippen LogP contribution in [0.25, 0.3) is 0 Å². The Labute approximate surface area is 385 Å². The van der Waals surface area contributed by atoms with Gasteiger partial charge in [-0.05, 0) is 154 Å². The van der Waals surface area contributed by atoms with Crippen molar-refractivity contribution < 1.29 is 72.3 Å². The third-order valence-electron chi connectivity index (χ3n) is 10.7. The van der Waals surface area contributed by atoms with E-state index in [1.807, 2.05) is 12.1 Å². The Morgan fingerprint density at radius 1 is 0.683 bits per heavy atom. The first-order valence-corrected chi connectivity index (χ1v) is 20.3. The van der Waals surface area contributed by atoms with Crippen molar-refractivity contribution in [1.29, 1.82) is 0 Å². The van der Waals surface area contributed by atoms with Crippen molar-refractivity contribution in [3.8, 4) is 0 Å². The molecule has 5 nitrogen and oxygen atoms in total. The molecule has 2 fully saturated rings. The number of hydrogen-bond donors (Lipinski definition) is 2. The molecular weight excluding hydrogens is 835 g/mol. The van der Waals surface area contributed by atoms with Crippen LogP contribution in [-0.4, -0.2) is 80.6 Å². The summed E-state index contributed by atoms with van der Waals surface area (Å²) in [5.41, 5.74) is 2.17. The molecule has 4 aromatic rings. The molecule has 2 heterocycles. The molecule has 4 aromatic carbocycles. The summed E-state index contributed by atoms with van der Waals surface area (Å²) >= 11 is 11.8. The van der Waals surface area contributed by atoms with Gasteiger partial charge in [-0.2, -0.15) is 26.3 Å². The number of ketones is 1. The van der Waals surface area contributed by atoms with Gasteiger partial charge in [-0.25, -0.2) is 0 Å². The molecule has 3 radical (unpaired) electrons. The van der Waals surface area contributed by atoms with E-state index in [1.54, 1.807) is 60.7 Å². The normalized spacial score (nSPS) is 17.7. The number of rotatable bonds is 12. The minimum atomic E-state index is -4.29. The summed E-state index contributed by atoms with van der Waals surface area (Å²) in [6.07, 6.45) is -1.43. The van der Waals surface area contributed by atoms with Gasteiger partial charge in [0.1, 0.15) is 0 Å². The van der Waals surface area contributed by atoms with Crippen LogP contribution in [0.1, 0.15) is 84.2 Å². The predicted octanol–water partition coefficient (Wildman–Crippen LogP) is 7.97. The SMILES string of the molecule is CO.O=C(CN1CCCC(CCc2ccc(C(F)(F)F)cc2)C1)c1ccc(Cl)cc1.OC(CN1CCCC(CCc2ccc(C(F)(F)F)cc2)C1)c1ccc(Cl)cc1.[B].[H-].[Na+]. The average Bonchev–Trinajstić information content (AvgIpc) is 3.21. The molecule has 0 aromatic heterocycles. The number of carbonyl (C=O) groups excluding carboxylic acids is 1. The van der Waals surface area contributed by atoms with Gasteiger partial charge in [0.25, 0.3) is 0 Å². The second kappa shape index (κ2) is 26.3. The molecule has 0 bridgehead atoms. The zero-order valence-electron chi connectivity index (χ0n) is 35.2. The molecular formula is C45H53BCl2F6N2NaO3. The van der Waals surface area contributed by atoms with Crippen LogP contribution in [0.4, 0.5) is 26.3 Å². The number of aliphatic hydroxyl groups is 2. The zero-order chi connectivity index (χ0) is 42.3. The number of aliphatic hydroxyl groups excluding tert-OH is 2. The summed E-state index contributed by atoms with van der Waals surface area (Å²) in [4.78, 5) is 16.9. The average molecular weight is 889 g/mol. The Morgan fingerprint density at radius 3 is 1.52 bits per heavy atom. The number of halogens is 8. The predicted molar refractivity (Wildman–Crippen MR) is 225 cm³/mol. The van der Waals surface area contributed by atoms with Crippen molar-refractivity contribution >= 4 is 37.4 Å². The molecule has 0 saturated carbocycles. The van der Waals surface area contributed by atoms with Crippen LogP contribution in [0.3, 0.4) is 0 Å². The maximum absolute atomic E-state index is 12.7. The van der Waals surface area contributed by atoms with E-state index in [-0.39, 0.29) is 45.2 Å². The third kappa shape index (κ3) is 18.1. The van der Waals surface area contributed by atoms with Crippen LogP contribution < -0.4 is 29.6 Å². The maximum atomic E-state index is 12.7. The summed E-state index contributed by atoms with van der Waals surface area (Å²) < 4.78 is 75.9. The van der Waals surface area contributed by atoms with E-state index in [2.05, 4.69) is 9.80 Å². The molecule has 0 aliphatic carbocycles. The van der Waals surface area contributed by atoms with Crippen LogP contribution in [0.5, 0.6) is 0 Å². The summed E-state index contributed by atoms with van der Waals surface area (Å²) in [7, 11) is 1.00. The first kappa shape index (κ1) is 53.8. The van der Waals surface area contributed by atoms with Crippen molar-refractivity contribution in [1.82, 2.24) is 9.80 Å². The molecule has 0 spiro atoms. The first-order valence-electron chi connectivity index (χ1n) is 19.6. The number of hydrogen-bond acceptors (Lipinski definition) is 5. The minimum Gasteiger partial charge on any atom is -1.00 e. The van der Waals surface area contributed by atoms with Gasteiger partial charge in [0, 0.05) is 50.8 Å². The molecule has 2 N–H and O–H groups in total. The molecule has 321 valence electrons. The quantitative estimate of drug-likeness (QED) is 0.0860. The fourth-order valence-corrected chi connectivity index (χ4v) is 7.76. The number of benzene rings is 4. The van der Waals surface area contributed by atoms with Gasteiger partial charge in [0.15, 0.2) is 5.78 Å². The van der Waals surface area contributed by atoms with E-state index in [0.717, 1.165) is 126 Å². The van der Waals surface area contributed by atoms with Crippen LogP contribution in [0.15, 0.2) is 97.1 Å². The van der Waals surface area contributed by atoms with E-state index >= 15 is 0 Å². The topological polar surface area (TPSA) is 64.0 Å². The van der Waals surface area contributed by atoms with Crippen LogP contribution >= 0.6 is 23.2 Å². The number of aryl methyl sites for hydroxylation is 2. The number of β-amino-alcohol motifs (C(OH)–C–C–N with tert-alkyl or cyclic N) is 1. The van der Waals surface area contributed by atoms with E-state index in [1.165, 1.54) is 0 Å². The number of Topliss-reactive ketones (excluding diaryl/α,β-unsaturated/α-hetero) is 1. The van der Waals surface area contributed by atoms with Crippen LogP contribution in [0.2, 0.25) is 10.0 Å². The number of carbonyl (C=O) groups is 1. The number of piperidine rings is 2. The summed E-state index contributed by atoms with van der Waals surface area (Å²) in [5, 5.41) is 18.7. The van der Waals surface area contributed by atoms with Gasteiger partial charge in [0.05, 0.1) is 23.8 Å². The number of alkyl halides is 6. The monoisotopic (exact) mass is 887 g/mol. The van der Waals surface area contributed by atoms with Crippen molar-refractivity contribution in [3.05, 3.63) is 140 Å². The Bertz CT molecular complexity index is 1830. The van der Waals surface area contributed by atoms with Gasteiger partial charge in [-0.15, -0.1) is 0 Å². The Hall–Kier alpha value is -2.39. The van der Waals surface area contributed by atoms with Gasteiger partial charge in [-0.1, -0.05) is 59.6 Å². The largest absolute Gasteiger partial charge is 1.00 e. The summed E-state index contributed by atoms with van der Waals surface area (Å²) in [5.74, 6) is 1.03. The molecule has 3 atom stereocenters. The summed E-state index contributed by atoms with van der Waals surface area (Å²) in [6, 6.07) is 25.1. The molecule has 2 aliphatic heterocycles. The number of likely N-dealkylation sites (tertiary alicyclic amines) is 2. The van der Waals surface area contributed by atoms with Crippen molar-refractivity contribution in [2.75, 3.05) is 46.4 Å². The second-order valence-corrected chi connectivity index (χ2v) is 15.8. The fraction of sp³-hybridized carbons (Fsp3) is 0.444. The van der Waals surface area contributed by atoms with E-state index in [4.69, 9.17) is 28.3 Å². The van der Waals surface area contributed by atoms with Gasteiger partial charge in [0.2, 0.25) is 0 Å². The van der Waals surface area contributed by atoms with Crippen LogP contribution in [-0.2, 0) is 25.2 Å². The van der Waals surface area contributed by atoms with E-state index < -0.39 is 29.6 Å². The molecule has 6 rings (SSSR count). The third-order valence-corrected chi connectivity index (χ3v) is 11.2. The van der Waals surface area contributed by atoms with E-state index in [0.29, 0.717) is 40.5 Å². The van der Waals surface area contributed by atoms with Gasteiger partial charge in [-0.3, -0.25) is 9.69 Å². The first-order chi connectivity index (χ1) is 27.6. The molecule has 3 unspecified atom stereocenters. The number of nitrogens with zero attached hydrogens (tertiary/aromatic N) is 2. The standard InChI is InChI=1S/C22H25ClF3NO.C22H23ClF3NO.CH4O.B.Na.H/c2*23-20-11-7-18(8-12-20)21(28)15-27-13-1-2-17(14-27)4-3-16-5-9-19(10-6-16)22(24,25)26;1-2;;;/h5-12,17,21,28H,1-4,13-15H2;5-12,17H,1-4,13-15H2;2H,1H3;;;/q;;;;+1;-1. The summed E-state index contributed by atoms with van der Waals surface area (Å²) in [6.45, 7) is 4.58. The maximum Gasteiger partial charge on any atom is 1.00 e. The molecule has 2 saturated heterocycles. The molecule has 0 amide bonds. The van der Waals surface area contributed by atoms with Gasteiger partial charge < -0.3 is 16.5 Å². The van der Waals surface area contributed by atoms with Crippen molar-refractivity contribution in [3.63, 3.8) is 0 Å².